The zero-order valence-corrected chi connectivity index (χ0v) is 8.69. The summed E-state index contributed by atoms with van der Waals surface area (Å²) in [7, 11) is 2.17. The summed E-state index contributed by atoms with van der Waals surface area (Å²) in [4.78, 5) is 2.37. The summed E-state index contributed by atoms with van der Waals surface area (Å²) >= 11 is 0. The molecule has 2 heteroatoms. The van der Waals surface area contributed by atoms with Crippen LogP contribution in [0.25, 0.3) is 0 Å². The van der Waals surface area contributed by atoms with Gasteiger partial charge in [-0.2, -0.15) is 0 Å². The average molecular weight is 190 g/mol. The number of rotatable bonds is 2. The number of benzene rings is 1. The highest BCUT2D eigenvalue weighted by atomic mass is 15.2. The normalized spacial score (nSPS) is 28.1. The predicted molar refractivity (Wildman–Crippen MR) is 59.3 cm³/mol. The van der Waals surface area contributed by atoms with E-state index in [1.807, 2.05) is 0 Å². The van der Waals surface area contributed by atoms with Crippen LogP contribution >= 0.6 is 0 Å². The van der Waals surface area contributed by atoms with Crippen LogP contribution in [0.2, 0.25) is 0 Å². The lowest BCUT2D eigenvalue weighted by Crippen LogP contribution is -2.31. The third-order valence-corrected chi connectivity index (χ3v) is 3.23. The van der Waals surface area contributed by atoms with E-state index in [1.165, 1.54) is 12.0 Å². The van der Waals surface area contributed by atoms with Crippen LogP contribution in [0.3, 0.4) is 0 Å². The van der Waals surface area contributed by atoms with Crippen molar-refractivity contribution in [3.63, 3.8) is 0 Å². The molecule has 76 valence electrons. The van der Waals surface area contributed by atoms with Crippen molar-refractivity contribution in [2.45, 2.75) is 18.4 Å². The van der Waals surface area contributed by atoms with Crippen LogP contribution in [0.1, 0.15) is 17.9 Å². The molecule has 0 amide bonds. The Hall–Kier alpha value is -0.860. The minimum Gasteiger partial charge on any atom is -0.329 e. The molecule has 0 aromatic heterocycles. The van der Waals surface area contributed by atoms with Crippen molar-refractivity contribution in [3.8, 4) is 0 Å². The van der Waals surface area contributed by atoms with Crippen LogP contribution in [0, 0.1) is 0 Å². The first-order valence-corrected chi connectivity index (χ1v) is 5.26. The Labute approximate surface area is 85.7 Å². The molecule has 1 fully saturated rings. The molecule has 1 aromatic carbocycles. The SMILES string of the molecule is CN1CC(c2ccccc2)CC1CN. The lowest BCUT2D eigenvalue weighted by Gasteiger charge is -2.15. The quantitative estimate of drug-likeness (QED) is 0.764. The highest BCUT2D eigenvalue weighted by molar-refractivity contribution is 5.21. The zero-order valence-electron chi connectivity index (χ0n) is 8.69. The second kappa shape index (κ2) is 4.11. The molecule has 2 atom stereocenters. The summed E-state index contributed by atoms with van der Waals surface area (Å²) in [5.74, 6) is 0.676. The molecule has 1 aromatic rings. The smallest absolute Gasteiger partial charge is 0.0221 e. The third-order valence-electron chi connectivity index (χ3n) is 3.23. The van der Waals surface area contributed by atoms with Gasteiger partial charge in [0.15, 0.2) is 0 Å². The zero-order chi connectivity index (χ0) is 9.97. The largest absolute Gasteiger partial charge is 0.329 e. The van der Waals surface area contributed by atoms with Crippen molar-refractivity contribution in [2.75, 3.05) is 20.1 Å². The van der Waals surface area contributed by atoms with E-state index in [0.717, 1.165) is 13.1 Å². The van der Waals surface area contributed by atoms with Crippen molar-refractivity contribution < 1.29 is 0 Å². The monoisotopic (exact) mass is 190 g/mol. The van der Waals surface area contributed by atoms with E-state index in [9.17, 15) is 0 Å². The Morgan fingerprint density at radius 2 is 2.07 bits per heavy atom. The van der Waals surface area contributed by atoms with E-state index in [0.29, 0.717) is 12.0 Å². The van der Waals surface area contributed by atoms with Crippen LogP contribution in [0.5, 0.6) is 0 Å². The van der Waals surface area contributed by atoms with Gasteiger partial charge in [0.2, 0.25) is 0 Å². The molecule has 2 N–H and O–H groups in total. The van der Waals surface area contributed by atoms with Gasteiger partial charge in [-0.3, -0.25) is 0 Å². The molecule has 0 spiro atoms. The first-order chi connectivity index (χ1) is 6.81. The molecule has 1 aliphatic rings. The molecule has 0 bridgehead atoms. The van der Waals surface area contributed by atoms with Gasteiger partial charge in [0, 0.05) is 19.1 Å². The Balaban J connectivity index is 2.09. The number of hydrogen-bond donors (Lipinski definition) is 1. The molecule has 0 radical (unpaired) electrons. The lowest BCUT2D eigenvalue weighted by molar-refractivity contribution is 0.316. The Morgan fingerprint density at radius 1 is 1.36 bits per heavy atom. The summed E-state index contributed by atoms with van der Waals surface area (Å²) < 4.78 is 0. The molecule has 14 heavy (non-hydrogen) atoms. The number of likely N-dealkylation sites (tertiary alicyclic amines) is 1. The van der Waals surface area contributed by atoms with Crippen molar-refractivity contribution >= 4 is 0 Å². The van der Waals surface area contributed by atoms with E-state index in [1.54, 1.807) is 0 Å². The molecule has 1 saturated heterocycles. The van der Waals surface area contributed by atoms with E-state index < -0.39 is 0 Å². The highest BCUT2D eigenvalue weighted by Gasteiger charge is 2.28. The van der Waals surface area contributed by atoms with Gasteiger partial charge >= 0.3 is 0 Å². The van der Waals surface area contributed by atoms with Crippen LogP contribution < -0.4 is 5.73 Å². The Bertz CT molecular complexity index is 284. The molecule has 2 unspecified atom stereocenters. The van der Waals surface area contributed by atoms with E-state index in [4.69, 9.17) is 5.73 Å². The molecule has 0 saturated carbocycles. The van der Waals surface area contributed by atoms with Gasteiger partial charge in [0.1, 0.15) is 0 Å². The fourth-order valence-corrected chi connectivity index (χ4v) is 2.32. The van der Waals surface area contributed by atoms with Gasteiger partial charge in [0.25, 0.3) is 0 Å². The second-order valence-electron chi connectivity index (χ2n) is 4.17. The molecular formula is C12H18N2. The van der Waals surface area contributed by atoms with E-state index >= 15 is 0 Å². The first-order valence-electron chi connectivity index (χ1n) is 5.26. The van der Waals surface area contributed by atoms with E-state index in [-0.39, 0.29) is 0 Å². The maximum Gasteiger partial charge on any atom is 0.0221 e. The van der Waals surface area contributed by atoms with Gasteiger partial charge < -0.3 is 10.6 Å². The maximum absolute atomic E-state index is 5.72. The standard InChI is InChI=1S/C12H18N2/c1-14-9-11(7-12(14)8-13)10-5-3-2-4-6-10/h2-6,11-12H,7-9,13H2,1H3. The molecule has 1 aliphatic heterocycles. The summed E-state index contributed by atoms with van der Waals surface area (Å²) in [6.45, 7) is 1.92. The van der Waals surface area contributed by atoms with Crippen molar-refractivity contribution in [1.29, 1.82) is 0 Å². The second-order valence-corrected chi connectivity index (χ2v) is 4.17. The van der Waals surface area contributed by atoms with Gasteiger partial charge in [0.05, 0.1) is 0 Å². The number of hydrogen-bond acceptors (Lipinski definition) is 2. The third kappa shape index (κ3) is 1.81. The van der Waals surface area contributed by atoms with Crippen LogP contribution in [0.15, 0.2) is 30.3 Å². The Morgan fingerprint density at radius 3 is 2.64 bits per heavy atom. The summed E-state index contributed by atoms with van der Waals surface area (Å²) in [6.07, 6.45) is 1.21. The van der Waals surface area contributed by atoms with Gasteiger partial charge in [-0.05, 0) is 24.9 Å². The Kier molecular flexibility index (Phi) is 2.85. The average Bonchev–Trinajstić information content (AvgIpc) is 2.61. The van der Waals surface area contributed by atoms with Crippen molar-refractivity contribution in [3.05, 3.63) is 35.9 Å². The lowest BCUT2D eigenvalue weighted by atomic mass is 9.96. The highest BCUT2D eigenvalue weighted by Crippen LogP contribution is 2.29. The number of nitrogens with zero attached hydrogens (tertiary/aromatic N) is 1. The summed E-state index contributed by atoms with van der Waals surface area (Å²) in [6, 6.07) is 11.3. The first kappa shape index (κ1) is 9.69. The topological polar surface area (TPSA) is 29.3 Å². The fraction of sp³-hybridized carbons (Fsp3) is 0.500. The molecule has 2 rings (SSSR count). The van der Waals surface area contributed by atoms with Crippen LogP contribution in [-0.4, -0.2) is 31.1 Å². The molecule has 2 nitrogen and oxygen atoms in total. The maximum atomic E-state index is 5.72. The summed E-state index contributed by atoms with van der Waals surface area (Å²) in [5, 5.41) is 0. The van der Waals surface area contributed by atoms with Crippen LogP contribution in [0.4, 0.5) is 0 Å². The van der Waals surface area contributed by atoms with Crippen LogP contribution in [-0.2, 0) is 0 Å². The summed E-state index contributed by atoms with van der Waals surface area (Å²) in [5.41, 5.74) is 7.18. The van der Waals surface area contributed by atoms with Gasteiger partial charge in [-0.25, -0.2) is 0 Å². The minimum atomic E-state index is 0.570. The predicted octanol–water partition coefficient (Wildman–Crippen LogP) is 1.43. The fourth-order valence-electron chi connectivity index (χ4n) is 2.32. The van der Waals surface area contributed by atoms with Gasteiger partial charge in [-0.1, -0.05) is 30.3 Å². The molecule has 1 heterocycles. The molecular weight excluding hydrogens is 172 g/mol. The number of nitrogens with two attached hydrogens (primary N) is 1. The number of likely N-dealkylation sites (N-methyl/N-ethyl adjacent to an activating group) is 1. The van der Waals surface area contributed by atoms with Gasteiger partial charge in [-0.15, -0.1) is 0 Å². The van der Waals surface area contributed by atoms with Crippen molar-refractivity contribution in [2.24, 2.45) is 5.73 Å². The van der Waals surface area contributed by atoms with E-state index in [2.05, 4.69) is 42.3 Å². The minimum absolute atomic E-state index is 0.570. The molecule has 0 aliphatic carbocycles. The van der Waals surface area contributed by atoms with Crippen molar-refractivity contribution in [1.82, 2.24) is 4.90 Å².